The normalized spacial score (nSPS) is 18.5. The number of H-pyrrole nitrogens is 1. The number of amides is 8. The number of para-hydroxylation sites is 1. The number of aliphatic imine (C=N–C) groups is 1. The highest BCUT2D eigenvalue weighted by Gasteiger charge is 2.41. The summed E-state index contributed by atoms with van der Waals surface area (Å²) in [6.07, 6.45) is 4.58. The van der Waals surface area contributed by atoms with Gasteiger partial charge in [0, 0.05) is 43.0 Å². The van der Waals surface area contributed by atoms with Crippen LogP contribution < -0.4 is 54.4 Å². The Hall–Kier alpha value is -6.78. The molecule has 3 heterocycles. The molecule has 0 radical (unpaired) electrons. The first kappa shape index (κ1) is 56.8. The maximum absolute atomic E-state index is 14.6. The van der Waals surface area contributed by atoms with Gasteiger partial charge in [-0.05, 0) is 87.3 Å². The van der Waals surface area contributed by atoms with Crippen molar-refractivity contribution in [2.24, 2.45) is 39.9 Å². The van der Waals surface area contributed by atoms with Crippen LogP contribution in [0.3, 0.4) is 0 Å². The smallest absolute Gasteiger partial charge is 0.326 e. The fraction of sp³-hybridized carbons (Fsp3) is 0.625. The van der Waals surface area contributed by atoms with Crippen molar-refractivity contribution in [1.82, 2.24) is 47.1 Å². The molecule has 9 unspecified atom stereocenters. The highest BCUT2D eigenvalue weighted by atomic mass is 16.4. The average Bonchev–Trinajstić information content (AvgIpc) is 4.11. The molecule has 0 saturated carbocycles. The zero-order valence-corrected chi connectivity index (χ0v) is 41.5. The van der Waals surface area contributed by atoms with Crippen LogP contribution >= 0.6 is 0 Å². The summed E-state index contributed by atoms with van der Waals surface area (Å²) in [4.78, 5) is 130. The van der Waals surface area contributed by atoms with Crippen LogP contribution in [0.4, 0.5) is 0 Å². The summed E-state index contributed by atoms with van der Waals surface area (Å²) in [6.45, 7) is 9.08. The van der Waals surface area contributed by atoms with Crippen LogP contribution in [0.2, 0.25) is 0 Å². The van der Waals surface area contributed by atoms with Gasteiger partial charge in [-0.2, -0.15) is 0 Å². The topological polar surface area (TPSA) is 368 Å². The SMILES string of the molecule is CCC(C)C(NC(=O)C(Cc1c[nH]c2ccccc12)NC(=O)C1CCCN1C(=O)C(CCCN=C(N)N)NC(=O)C(CCCCN)NC(=O)CNC(=O)C1CCC(=O)N1)C(=O)NC(C(=O)O)C(C)C(C)C. The molecule has 23 heteroatoms. The highest BCUT2D eigenvalue weighted by molar-refractivity contribution is 5.98. The molecule has 2 aromatic rings. The standard InChI is InChI=1S/C48H75N13O10/c1-6-27(4)39(45(68)60-40(47(70)71)28(5)26(2)3)59-43(66)35(23-29-24-53-31-14-8-7-13-30(29)31)58-44(67)36-17-12-22-61(36)46(69)34(16-11-21-52-48(50)51)57-42(65)32(15-9-10-20-49)56-38(63)25-54-41(64)33-18-19-37(62)55-33/h7-8,13-14,24,26-28,32-36,39-40,53H,6,9-12,15-23,25,49H2,1-5H3,(H,54,64)(H,55,62)(H,56,63)(H,57,65)(H,58,67)(H,59,66)(H,60,68)(H,70,71)(H4,50,51,52). The molecule has 392 valence electrons. The van der Waals surface area contributed by atoms with E-state index in [1.165, 1.54) is 4.90 Å². The number of hydrogen-bond donors (Lipinski definition) is 12. The molecule has 15 N–H and O–H groups in total. The predicted octanol–water partition coefficient (Wildman–Crippen LogP) is -0.874. The van der Waals surface area contributed by atoms with Crippen LogP contribution in [0.5, 0.6) is 0 Å². The van der Waals surface area contributed by atoms with Crippen molar-refractivity contribution in [2.75, 3.05) is 26.2 Å². The lowest BCUT2D eigenvalue weighted by Crippen LogP contribution is -2.60. The van der Waals surface area contributed by atoms with E-state index >= 15 is 0 Å². The van der Waals surface area contributed by atoms with Gasteiger partial charge in [-0.25, -0.2) is 4.79 Å². The van der Waals surface area contributed by atoms with Crippen LogP contribution in [-0.2, 0) is 49.6 Å². The van der Waals surface area contributed by atoms with E-state index in [0.29, 0.717) is 37.8 Å². The first-order chi connectivity index (χ1) is 33.7. The van der Waals surface area contributed by atoms with Gasteiger partial charge in [0.2, 0.25) is 47.3 Å². The summed E-state index contributed by atoms with van der Waals surface area (Å²) < 4.78 is 0. The predicted molar refractivity (Wildman–Crippen MR) is 264 cm³/mol. The lowest BCUT2D eigenvalue weighted by Gasteiger charge is -2.32. The number of aromatic amines is 1. The number of nitrogens with zero attached hydrogens (tertiary/aromatic N) is 2. The van der Waals surface area contributed by atoms with Gasteiger partial charge < -0.3 is 69.4 Å². The Morgan fingerprint density at radius 2 is 1.52 bits per heavy atom. The Kier molecular flexibility index (Phi) is 22.1. The van der Waals surface area contributed by atoms with Crippen molar-refractivity contribution in [1.29, 1.82) is 0 Å². The Labute approximate surface area is 414 Å². The lowest BCUT2D eigenvalue weighted by molar-refractivity contribution is -0.144. The average molecular weight is 994 g/mol. The molecule has 2 fully saturated rings. The minimum atomic E-state index is -1.28. The number of aliphatic carboxylic acids is 1. The van der Waals surface area contributed by atoms with Gasteiger partial charge in [0.15, 0.2) is 5.96 Å². The quantitative estimate of drug-likeness (QED) is 0.0281. The Morgan fingerprint density at radius 1 is 0.831 bits per heavy atom. The summed E-state index contributed by atoms with van der Waals surface area (Å²) in [5, 5.41) is 29.6. The number of guanidine groups is 1. The molecule has 9 atom stereocenters. The van der Waals surface area contributed by atoms with Gasteiger partial charge in [0.05, 0.1) is 6.54 Å². The minimum absolute atomic E-state index is 0.0270. The number of aromatic nitrogens is 1. The maximum Gasteiger partial charge on any atom is 0.326 e. The molecule has 2 saturated heterocycles. The number of nitrogens with one attached hydrogen (secondary N) is 8. The van der Waals surface area contributed by atoms with Gasteiger partial charge in [0.1, 0.15) is 42.3 Å². The summed E-state index contributed by atoms with van der Waals surface area (Å²) in [5.41, 5.74) is 18.3. The Bertz CT molecular complexity index is 2230. The number of carboxylic acid groups (broad SMARTS) is 1. The van der Waals surface area contributed by atoms with Crippen molar-refractivity contribution in [3.63, 3.8) is 0 Å². The third-order valence-electron chi connectivity index (χ3n) is 13.4. The second-order valence-corrected chi connectivity index (χ2v) is 18.9. The van der Waals surface area contributed by atoms with Gasteiger partial charge in [-0.15, -0.1) is 0 Å². The molecule has 0 aliphatic carbocycles. The second-order valence-electron chi connectivity index (χ2n) is 18.9. The van der Waals surface area contributed by atoms with Crippen LogP contribution in [0.1, 0.15) is 104 Å². The van der Waals surface area contributed by atoms with E-state index in [1.54, 1.807) is 20.0 Å². The van der Waals surface area contributed by atoms with E-state index in [0.717, 1.165) is 10.9 Å². The van der Waals surface area contributed by atoms with Gasteiger partial charge in [-0.1, -0.05) is 59.2 Å². The molecule has 8 amide bonds. The molecule has 2 aliphatic rings. The molecular weight excluding hydrogens is 919 g/mol. The molecule has 71 heavy (non-hydrogen) atoms. The molecule has 0 spiro atoms. The molecule has 0 bridgehead atoms. The summed E-state index contributed by atoms with van der Waals surface area (Å²) in [5.74, 6) is -7.22. The number of nitrogens with two attached hydrogens (primary N) is 3. The second kappa shape index (κ2) is 27.6. The molecular formula is C48H75N13O10. The molecule has 1 aromatic carbocycles. The summed E-state index contributed by atoms with van der Waals surface area (Å²) in [6, 6.07) is -0.525. The zero-order chi connectivity index (χ0) is 52.4. The largest absolute Gasteiger partial charge is 0.480 e. The third-order valence-corrected chi connectivity index (χ3v) is 13.4. The highest BCUT2D eigenvalue weighted by Crippen LogP contribution is 2.23. The lowest BCUT2D eigenvalue weighted by atomic mass is 9.89. The van der Waals surface area contributed by atoms with Gasteiger partial charge in [-0.3, -0.25) is 43.3 Å². The van der Waals surface area contributed by atoms with Crippen LogP contribution in [0.15, 0.2) is 35.5 Å². The molecule has 2 aliphatic heterocycles. The van der Waals surface area contributed by atoms with Crippen molar-refractivity contribution in [3.05, 3.63) is 36.0 Å². The number of unbranched alkanes of at least 4 members (excludes halogenated alkanes) is 1. The monoisotopic (exact) mass is 994 g/mol. The first-order valence-corrected chi connectivity index (χ1v) is 24.7. The van der Waals surface area contributed by atoms with Crippen molar-refractivity contribution < 1.29 is 48.3 Å². The van der Waals surface area contributed by atoms with Gasteiger partial charge >= 0.3 is 5.97 Å². The molecule has 23 nitrogen and oxygen atoms in total. The number of carbonyl (C=O) groups is 9. The summed E-state index contributed by atoms with van der Waals surface area (Å²) in [7, 11) is 0. The van der Waals surface area contributed by atoms with E-state index in [9.17, 15) is 48.3 Å². The van der Waals surface area contributed by atoms with E-state index < -0.39 is 108 Å². The number of hydrogen-bond acceptors (Lipinski definition) is 11. The Balaban J connectivity index is 1.58. The van der Waals surface area contributed by atoms with Crippen molar-refractivity contribution in [2.45, 2.75) is 148 Å². The number of benzene rings is 1. The molecule has 4 rings (SSSR count). The fourth-order valence-electron chi connectivity index (χ4n) is 8.64. The number of carbonyl (C=O) groups excluding carboxylic acids is 8. The van der Waals surface area contributed by atoms with E-state index in [4.69, 9.17) is 17.2 Å². The fourth-order valence-corrected chi connectivity index (χ4v) is 8.64. The maximum atomic E-state index is 14.6. The number of fused-ring (bicyclic) bond motifs is 1. The molecule has 1 aromatic heterocycles. The van der Waals surface area contributed by atoms with E-state index in [-0.39, 0.29) is 75.8 Å². The minimum Gasteiger partial charge on any atom is -0.480 e. The number of rotatable bonds is 28. The number of likely N-dealkylation sites (tertiary alicyclic amines) is 1. The van der Waals surface area contributed by atoms with E-state index in [2.05, 4.69) is 47.2 Å². The van der Waals surface area contributed by atoms with Crippen molar-refractivity contribution >= 4 is 70.1 Å². The van der Waals surface area contributed by atoms with Gasteiger partial charge in [0.25, 0.3) is 0 Å². The third kappa shape index (κ3) is 16.7. The first-order valence-electron chi connectivity index (χ1n) is 24.7. The zero-order valence-electron chi connectivity index (χ0n) is 41.5. The van der Waals surface area contributed by atoms with E-state index in [1.807, 2.05) is 45.0 Å². The number of carboxylic acids is 1. The van der Waals surface area contributed by atoms with Crippen LogP contribution in [0, 0.1) is 17.8 Å². The van der Waals surface area contributed by atoms with Crippen LogP contribution in [0.25, 0.3) is 10.9 Å². The summed E-state index contributed by atoms with van der Waals surface area (Å²) >= 11 is 0. The van der Waals surface area contributed by atoms with Crippen LogP contribution in [-0.4, -0.2) is 143 Å². The Morgan fingerprint density at radius 3 is 2.17 bits per heavy atom. The van der Waals surface area contributed by atoms with Crippen molar-refractivity contribution in [3.8, 4) is 0 Å².